The molecule has 0 aromatic heterocycles. The van der Waals surface area contributed by atoms with E-state index in [9.17, 15) is 19.2 Å². The standard InChI is InChI=1S/C23H30N4O4/c1-16-3-5-18(6-4-16)15-20(29)26-11-7-19(8-12-26)27-21(30)23(24-22(27)31)9-13-25(14-10-23)17(2)28/h3-6,19H,7-15H2,1-2H3,(H,24,31). The minimum atomic E-state index is -0.887. The number of imide groups is 1. The quantitative estimate of drug-likeness (QED) is 0.741. The Labute approximate surface area is 182 Å². The zero-order valence-corrected chi connectivity index (χ0v) is 18.2. The maximum absolute atomic E-state index is 13.2. The highest BCUT2D eigenvalue weighted by Gasteiger charge is 2.54. The molecule has 1 spiro atoms. The summed E-state index contributed by atoms with van der Waals surface area (Å²) in [7, 11) is 0. The fourth-order valence-corrected chi connectivity index (χ4v) is 4.88. The van der Waals surface area contributed by atoms with Crippen LogP contribution in [0.25, 0.3) is 0 Å². The monoisotopic (exact) mass is 426 g/mol. The van der Waals surface area contributed by atoms with E-state index in [-0.39, 0.29) is 29.8 Å². The number of benzene rings is 1. The lowest BCUT2D eigenvalue weighted by atomic mass is 9.87. The summed E-state index contributed by atoms with van der Waals surface area (Å²) in [4.78, 5) is 55.1. The van der Waals surface area contributed by atoms with E-state index < -0.39 is 5.54 Å². The largest absolute Gasteiger partial charge is 0.343 e. The molecular weight excluding hydrogens is 396 g/mol. The van der Waals surface area contributed by atoms with Crippen molar-refractivity contribution < 1.29 is 19.2 Å². The number of carbonyl (C=O) groups is 4. The fourth-order valence-electron chi connectivity index (χ4n) is 4.88. The Bertz CT molecular complexity index is 881. The van der Waals surface area contributed by atoms with Gasteiger partial charge in [0.1, 0.15) is 5.54 Å². The van der Waals surface area contributed by atoms with Gasteiger partial charge in [-0.25, -0.2) is 4.79 Å². The first-order valence-corrected chi connectivity index (χ1v) is 11.0. The van der Waals surface area contributed by atoms with Crippen molar-refractivity contribution >= 4 is 23.8 Å². The van der Waals surface area contributed by atoms with E-state index in [1.54, 1.807) is 4.90 Å². The zero-order chi connectivity index (χ0) is 22.2. The van der Waals surface area contributed by atoms with Crippen molar-refractivity contribution in [2.45, 2.75) is 57.5 Å². The Morgan fingerprint density at radius 3 is 2.19 bits per heavy atom. The van der Waals surface area contributed by atoms with E-state index in [0.717, 1.165) is 11.1 Å². The molecule has 1 N–H and O–H groups in total. The van der Waals surface area contributed by atoms with Crippen LogP contribution in [-0.4, -0.2) is 76.2 Å². The summed E-state index contributed by atoms with van der Waals surface area (Å²) < 4.78 is 0. The molecule has 4 rings (SSSR count). The van der Waals surface area contributed by atoms with Crippen LogP contribution in [0.2, 0.25) is 0 Å². The Morgan fingerprint density at radius 2 is 1.61 bits per heavy atom. The second kappa shape index (κ2) is 8.32. The molecule has 3 saturated heterocycles. The van der Waals surface area contributed by atoms with Crippen molar-refractivity contribution in [2.75, 3.05) is 26.2 Å². The summed E-state index contributed by atoms with van der Waals surface area (Å²) in [5.41, 5.74) is 1.27. The number of rotatable bonds is 3. The van der Waals surface area contributed by atoms with Gasteiger partial charge in [0, 0.05) is 39.1 Å². The number of likely N-dealkylation sites (tertiary alicyclic amines) is 2. The van der Waals surface area contributed by atoms with E-state index in [0.29, 0.717) is 58.3 Å². The number of hydrogen-bond donors (Lipinski definition) is 1. The van der Waals surface area contributed by atoms with Crippen LogP contribution in [0.15, 0.2) is 24.3 Å². The molecule has 0 unspecified atom stereocenters. The summed E-state index contributed by atoms with van der Waals surface area (Å²) in [6.45, 7) is 5.56. The van der Waals surface area contributed by atoms with Crippen LogP contribution >= 0.6 is 0 Å². The van der Waals surface area contributed by atoms with Gasteiger partial charge in [0.25, 0.3) is 5.91 Å². The van der Waals surface area contributed by atoms with Crippen LogP contribution < -0.4 is 5.32 Å². The van der Waals surface area contributed by atoms with Crippen molar-refractivity contribution in [3.63, 3.8) is 0 Å². The number of hydrogen-bond acceptors (Lipinski definition) is 4. The lowest BCUT2D eigenvalue weighted by molar-refractivity contribution is -0.139. The van der Waals surface area contributed by atoms with Gasteiger partial charge in [-0.3, -0.25) is 19.3 Å². The number of piperidine rings is 2. The maximum Gasteiger partial charge on any atom is 0.325 e. The zero-order valence-electron chi connectivity index (χ0n) is 18.2. The molecule has 0 saturated carbocycles. The fraction of sp³-hybridized carbons (Fsp3) is 0.565. The SMILES string of the molecule is CC(=O)N1CCC2(CC1)NC(=O)N(C1CCN(C(=O)Cc3ccc(C)cc3)CC1)C2=O. The number of nitrogens with zero attached hydrogens (tertiary/aromatic N) is 3. The second-order valence-electron chi connectivity index (χ2n) is 8.97. The molecule has 3 aliphatic heterocycles. The Morgan fingerprint density at radius 1 is 1.00 bits per heavy atom. The molecule has 0 atom stereocenters. The lowest BCUT2D eigenvalue weighted by Gasteiger charge is -2.38. The third kappa shape index (κ3) is 4.16. The molecule has 5 amide bonds. The number of amides is 5. The van der Waals surface area contributed by atoms with Gasteiger partial charge in [0.05, 0.1) is 6.42 Å². The van der Waals surface area contributed by atoms with Crippen LogP contribution in [0.1, 0.15) is 43.7 Å². The van der Waals surface area contributed by atoms with E-state index in [1.165, 1.54) is 11.8 Å². The summed E-state index contributed by atoms with van der Waals surface area (Å²) in [5, 5.41) is 2.92. The van der Waals surface area contributed by atoms with E-state index in [2.05, 4.69) is 5.32 Å². The molecule has 3 heterocycles. The highest BCUT2D eigenvalue weighted by molar-refractivity contribution is 6.07. The first-order valence-electron chi connectivity index (χ1n) is 11.0. The summed E-state index contributed by atoms with van der Waals surface area (Å²) in [6, 6.07) is 7.42. The molecular formula is C23H30N4O4. The van der Waals surface area contributed by atoms with Crippen molar-refractivity contribution in [2.24, 2.45) is 0 Å². The van der Waals surface area contributed by atoms with Gasteiger partial charge in [0.15, 0.2) is 0 Å². The van der Waals surface area contributed by atoms with Crippen molar-refractivity contribution in [1.82, 2.24) is 20.0 Å². The molecule has 3 fully saturated rings. The van der Waals surface area contributed by atoms with Crippen LogP contribution in [0.3, 0.4) is 0 Å². The van der Waals surface area contributed by atoms with Crippen LogP contribution in [-0.2, 0) is 20.8 Å². The molecule has 0 aliphatic carbocycles. The Balaban J connectivity index is 1.34. The molecule has 1 aromatic carbocycles. The third-order valence-electron chi connectivity index (χ3n) is 6.91. The van der Waals surface area contributed by atoms with Gasteiger partial charge < -0.3 is 15.1 Å². The molecule has 8 nitrogen and oxygen atoms in total. The predicted molar refractivity (Wildman–Crippen MR) is 114 cm³/mol. The Hall–Kier alpha value is -2.90. The molecule has 8 heteroatoms. The predicted octanol–water partition coefficient (Wildman–Crippen LogP) is 1.46. The summed E-state index contributed by atoms with van der Waals surface area (Å²) in [6.07, 6.45) is 2.44. The van der Waals surface area contributed by atoms with Gasteiger partial charge in [-0.15, -0.1) is 0 Å². The van der Waals surface area contributed by atoms with E-state index >= 15 is 0 Å². The lowest BCUT2D eigenvalue weighted by Crippen LogP contribution is -2.56. The average Bonchev–Trinajstić information content (AvgIpc) is 2.99. The average molecular weight is 427 g/mol. The van der Waals surface area contributed by atoms with Crippen molar-refractivity contribution in [1.29, 1.82) is 0 Å². The van der Waals surface area contributed by atoms with Crippen LogP contribution in [0.5, 0.6) is 0 Å². The topological polar surface area (TPSA) is 90.0 Å². The maximum atomic E-state index is 13.2. The number of urea groups is 1. The van der Waals surface area contributed by atoms with Gasteiger partial charge >= 0.3 is 6.03 Å². The molecule has 0 radical (unpaired) electrons. The van der Waals surface area contributed by atoms with Crippen LogP contribution in [0.4, 0.5) is 4.79 Å². The van der Waals surface area contributed by atoms with E-state index in [1.807, 2.05) is 36.1 Å². The third-order valence-corrected chi connectivity index (χ3v) is 6.91. The van der Waals surface area contributed by atoms with Crippen molar-refractivity contribution in [3.05, 3.63) is 35.4 Å². The minimum Gasteiger partial charge on any atom is -0.343 e. The van der Waals surface area contributed by atoms with Gasteiger partial charge in [-0.1, -0.05) is 29.8 Å². The molecule has 31 heavy (non-hydrogen) atoms. The van der Waals surface area contributed by atoms with Crippen LogP contribution in [0, 0.1) is 6.92 Å². The highest BCUT2D eigenvalue weighted by Crippen LogP contribution is 2.32. The Kier molecular flexibility index (Phi) is 5.73. The smallest absolute Gasteiger partial charge is 0.325 e. The molecule has 166 valence electrons. The molecule has 0 bridgehead atoms. The number of aryl methyl sites for hydroxylation is 1. The number of nitrogens with one attached hydrogen (secondary N) is 1. The highest BCUT2D eigenvalue weighted by atomic mass is 16.2. The first kappa shape index (κ1) is 21.3. The van der Waals surface area contributed by atoms with E-state index in [4.69, 9.17) is 0 Å². The van der Waals surface area contributed by atoms with Gasteiger partial charge in [-0.2, -0.15) is 0 Å². The normalized spacial score (nSPS) is 21.5. The van der Waals surface area contributed by atoms with Gasteiger partial charge in [-0.05, 0) is 38.2 Å². The van der Waals surface area contributed by atoms with Crippen molar-refractivity contribution in [3.8, 4) is 0 Å². The number of carbonyl (C=O) groups excluding carboxylic acids is 4. The second-order valence-corrected chi connectivity index (χ2v) is 8.97. The minimum absolute atomic E-state index is 0.00819. The molecule has 1 aromatic rings. The summed E-state index contributed by atoms with van der Waals surface area (Å²) >= 11 is 0. The summed E-state index contributed by atoms with van der Waals surface area (Å²) in [5.74, 6) is -0.108. The van der Waals surface area contributed by atoms with Gasteiger partial charge in [0.2, 0.25) is 11.8 Å². The molecule has 3 aliphatic rings. The first-order chi connectivity index (χ1) is 14.8.